The molecule has 0 radical (unpaired) electrons. The van der Waals surface area contributed by atoms with Crippen LogP contribution in [0.2, 0.25) is 0 Å². The first-order chi connectivity index (χ1) is 12.0. The molecule has 0 spiro atoms. The third-order valence-electron chi connectivity index (χ3n) is 4.22. The van der Waals surface area contributed by atoms with Crippen LogP contribution in [-0.4, -0.2) is 54.5 Å². The molecule has 8 nitrogen and oxygen atoms in total. The van der Waals surface area contributed by atoms with Crippen molar-refractivity contribution in [2.75, 3.05) is 24.5 Å². The Balaban J connectivity index is 1.67. The largest absolute Gasteiger partial charge is 0.449 e. The van der Waals surface area contributed by atoms with Crippen molar-refractivity contribution >= 4 is 29.5 Å². The number of hydrogen-bond acceptors (Lipinski definition) is 5. The molecule has 1 N–H and O–H groups in total. The smallest absolute Gasteiger partial charge is 0.338 e. The number of carbonyl (C=O) groups is 4. The molecule has 0 saturated carbocycles. The Morgan fingerprint density at radius 3 is 2.68 bits per heavy atom. The highest BCUT2D eigenvalue weighted by atomic mass is 16.5. The van der Waals surface area contributed by atoms with Crippen molar-refractivity contribution in [1.29, 1.82) is 0 Å². The fraction of sp³-hybridized carbons (Fsp3) is 0.412. The molecule has 25 heavy (non-hydrogen) atoms. The predicted molar refractivity (Wildman–Crippen MR) is 88.0 cm³/mol. The molecular formula is C17H19N3O5. The van der Waals surface area contributed by atoms with Crippen LogP contribution >= 0.6 is 0 Å². The number of benzene rings is 1. The quantitative estimate of drug-likeness (QED) is 0.818. The Labute approximate surface area is 144 Å². The molecule has 1 aromatic carbocycles. The Hall–Kier alpha value is -2.90. The lowest BCUT2D eigenvalue weighted by atomic mass is 10.2. The average Bonchev–Trinajstić information content (AvgIpc) is 3.22. The Kier molecular flexibility index (Phi) is 4.69. The zero-order valence-electron chi connectivity index (χ0n) is 13.9. The average molecular weight is 345 g/mol. The van der Waals surface area contributed by atoms with E-state index in [9.17, 15) is 19.2 Å². The van der Waals surface area contributed by atoms with Gasteiger partial charge in [-0.15, -0.1) is 0 Å². The summed E-state index contributed by atoms with van der Waals surface area (Å²) < 4.78 is 5.19. The molecule has 0 unspecified atom stereocenters. The van der Waals surface area contributed by atoms with E-state index >= 15 is 0 Å². The minimum absolute atomic E-state index is 0.0223. The number of rotatable bonds is 4. The molecule has 132 valence electrons. The third kappa shape index (κ3) is 3.47. The van der Waals surface area contributed by atoms with Crippen molar-refractivity contribution in [1.82, 2.24) is 10.2 Å². The van der Waals surface area contributed by atoms with Crippen molar-refractivity contribution in [2.24, 2.45) is 0 Å². The van der Waals surface area contributed by atoms with Crippen LogP contribution < -0.4 is 10.2 Å². The minimum Gasteiger partial charge on any atom is -0.449 e. The van der Waals surface area contributed by atoms with Gasteiger partial charge in [-0.3, -0.25) is 14.5 Å². The van der Waals surface area contributed by atoms with Gasteiger partial charge in [0.15, 0.2) is 6.10 Å². The maximum absolute atomic E-state index is 12.3. The molecule has 2 aliphatic heterocycles. The van der Waals surface area contributed by atoms with Gasteiger partial charge in [-0.1, -0.05) is 6.07 Å². The van der Waals surface area contributed by atoms with Gasteiger partial charge >= 0.3 is 12.0 Å². The number of hydrogen-bond donors (Lipinski definition) is 1. The molecular weight excluding hydrogens is 326 g/mol. The van der Waals surface area contributed by atoms with Crippen molar-refractivity contribution in [3.05, 3.63) is 29.8 Å². The number of esters is 1. The molecule has 2 saturated heterocycles. The van der Waals surface area contributed by atoms with Gasteiger partial charge in [0.2, 0.25) is 5.91 Å². The SMILES string of the molecule is C[C@H](OC(=O)c1cccc(N2CCCC2=O)c1)C(=O)N1CCNC1=O. The summed E-state index contributed by atoms with van der Waals surface area (Å²) in [6.07, 6.45) is 0.211. The first-order valence-electron chi connectivity index (χ1n) is 8.18. The first-order valence-corrected chi connectivity index (χ1v) is 8.18. The Bertz CT molecular complexity index is 733. The molecule has 4 amide bonds. The summed E-state index contributed by atoms with van der Waals surface area (Å²) >= 11 is 0. The second-order valence-corrected chi connectivity index (χ2v) is 5.97. The van der Waals surface area contributed by atoms with Crippen molar-refractivity contribution in [3.8, 4) is 0 Å². The third-order valence-corrected chi connectivity index (χ3v) is 4.22. The van der Waals surface area contributed by atoms with Crippen LogP contribution in [0.4, 0.5) is 10.5 Å². The summed E-state index contributed by atoms with van der Waals surface area (Å²) in [5, 5.41) is 2.52. The summed E-state index contributed by atoms with van der Waals surface area (Å²) in [4.78, 5) is 50.5. The fourth-order valence-electron chi connectivity index (χ4n) is 2.90. The van der Waals surface area contributed by atoms with E-state index in [4.69, 9.17) is 4.74 Å². The van der Waals surface area contributed by atoms with E-state index in [1.54, 1.807) is 29.2 Å². The van der Waals surface area contributed by atoms with Crippen molar-refractivity contribution in [3.63, 3.8) is 0 Å². The normalized spacial score (nSPS) is 18.3. The number of anilines is 1. The van der Waals surface area contributed by atoms with Crippen LogP contribution in [0.5, 0.6) is 0 Å². The van der Waals surface area contributed by atoms with Gasteiger partial charge in [0, 0.05) is 31.7 Å². The molecule has 1 atom stereocenters. The first kappa shape index (κ1) is 16.9. The highest BCUT2D eigenvalue weighted by Crippen LogP contribution is 2.22. The van der Waals surface area contributed by atoms with Gasteiger partial charge in [0.1, 0.15) is 0 Å². The number of nitrogens with zero attached hydrogens (tertiary/aromatic N) is 2. The van der Waals surface area contributed by atoms with E-state index < -0.39 is 24.0 Å². The number of nitrogens with one attached hydrogen (secondary N) is 1. The minimum atomic E-state index is -1.08. The zero-order valence-corrected chi connectivity index (χ0v) is 13.9. The predicted octanol–water partition coefficient (Wildman–Crippen LogP) is 0.911. The molecule has 3 rings (SSSR count). The fourth-order valence-corrected chi connectivity index (χ4v) is 2.90. The molecule has 2 heterocycles. The van der Waals surface area contributed by atoms with Gasteiger partial charge < -0.3 is 15.0 Å². The van der Waals surface area contributed by atoms with Crippen LogP contribution in [0, 0.1) is 0 Å². The zero-order chi connectivity index (χ0) is 18.0. The summed E-state index contributed by atoms with van der Waals surface area (Å²) in [6.45, 7) is 2.69. The second kappa shape index (κ2) is 6.92. The lowest BCUT2D eigenvalue weighted by Crippen LogP contribution is -2.41. The summed E-state index contributed by atoms with van der Waals surface area (Å²) in [5.41, 5.74) is 0.887. The Morgan fingerprint density at radius 1 is 1.24 bits per heavy atom. The van der Waals surface area contributed by atoms with E-state index in [1.165, 1.54) is 6.92 Å². The van der Waals surface area contributed by atoms with E-state index in [1.807, 2.05) is 0 Å². The van der Waals surface area contributed by atoms with Crippen LogP contribution in [0.3, 0.4) is 0 Å². The molecule has 8 heteroatoms. The molecule has 0 bridgehead atoms. The second-order valence-electron chi connectivity index (χ2n) is 5.97. The summed E-state index contributed by atoms with van der Waals surface area (Å²) in [7, 11) is 0. The monoisotopic (exact) mass is 345 g/mol. The summed E-state index contributed by atoms with van der Waals surface area (Å²) in [5.74, 6) is -1.21. The number of carbonyl (C=O) groups excluding carboxylic acids is 4. The number of imide groups is 1. The van der Waals surface area contributed by atoms with E-state index in [-0.39, 0.29) is 18.0 Å². The van der Waals surface area contributed by atoms with Gasteiger partial charge in [0.25, 0.3) is 5.91 Å². The van der Waals surface area contributed by atoms with Crippen molar-refractivity contribution in [2.45, 2.75) is 25.9 Å². The molecule has 0 aliphatic carbocycles. The number of amides is 4. The molecule has 2 aliphatic rings. The number of ether oxygens (including phenoxy) is 1. The lowest BCUT2D eigenvalue weighted by molar-refractivity contribution is -0.136. The van der Waals surface area contributed by atoms with E-state index in [0.717, 1.165) is 11.3 Å². The lowest BCUT2D eigenvalue weighted by Gasteiger charge is -2.19. The van der Waals surface area contributed by atoms with Gasteiger partial charge in [-0.25, -0.2) is 9.59 Å². The maximum Gasteiger partial charge on any atom is 0.338 e. The highest BCUT2D eigenvalue weighted by molar-refractivity contribution is 6.00. The molecule has 2 fully saturated rings. The van der Waals surface area contributed by atoms with Crippen LogP contribution in [0.15, 0.2) is 24.3 Å². The van der Waals surface area contributed by atoms with Crippen molar-refractivity contribution < 1.29 is 23.9 Å². The highest BCUT2D eigenvalue weighted by Gasteiger charge is 2.32. The Morgan fingerprint density at radius 2 is 2.04 bits per heavy atom. The maximum atomic E-state index is 12.3. The molecule has 0 aromatic heterocycles. The van der Waals surface area contributed by atoms with Crippen LogP contribution in [0.1, 0.15) is 30.1 Å². The number of urea groups is 1. The standard InChI is InChI=1S/C17H19N3O5/c1-11(15(22)20-9-7-18-17(20)24)25-16(23)12-4-2-5-13(10-12)19-8-3-6-14(19)21/h2,4-5,10-11H,3,6-9H2,1H3,(H,18,24)/t11-/m0/s1. The van der Waals surface area contributed by atoms with Crippen LogP contribution in [-0.2, 0) is 14.3 Å². The van der Waals surface area contributed by atoms with E-state index in [2.05, 4.69) is 5.32 Å². The van der Waals surface area contributed by atoms with Gasteiger partial charge in [-0.2, -0.15) is 0 Å². The molecule has 1 aromatic rings. The topological polar surface area (TPSA) is 96.0 Å². The van der Waals surface area contributed by atoms with Crippen LogP contribution in [0.25, 0.3) is 0 Å². The van der Waals surface area contributed by atoms with E-state index in [0.29, 0.717) is 25.2 Å². The van der Waals surface area contributed by atoms with Gasteiger partial charge in [-0.05, 0) is 31.5 Å². The van der Waals surface area contributed by atoms with Gasteiger partial charge in [0.05, 0.1) is 5.56 Å². The summed E-state index contributed by atoms with van der Waals surface area (Å²) in [6, 6.07) is 6.07.